The number of hydrogen-bond acceptors (Lipinski definition) is 2. The van der Waals surface area contributed by atoms with Crippen LogP contribution in [0.15, 0.2) is 30.3 Å². The van der Waals surface area contributed by atoms with Gasteiger partial charge in [-0.3, -0.25) is 0 Å². The van der Waals surface area contributed by atoms with Crippen LogP contribution in [0.3, 0.4) is 0 Å². The zero-order chi connectivity index (χ0) is 15.3. The van der Waals surface area contributed by atoms with Gasteiger partial charge in [0.2, 0.25) is 0 Å². The first-order chi connectivity index (χ1) is 9.95. The van der Waals surface area contributed by atoms with Crippen LogP contribution in [0.1, 0.15) is 52.0 Å². The average Bonchev–Trinajstić information content (AvgIpc) is 2.48. The van der Waals surface area contributed by atoms with Crippen molar-refractivity contribution in [2.75, 3.05) is 13.2 Å². The highest BCUT2D eigenvalue weighted by molar-refractivity contribution is 5.13. The van der Waals surface area contributed by atoms with Gasteiger partial charge in [-0.2, -0.15) is 0 Å². The van der Waals surface area contributed by atoms with Crippen molar-refractivity contribution in [2.45, 2.75) is 53.1 Å². The van der Waals surface area contributed by atoms with Crippen molar-refractivity contribution in [3.05, 3.63) is 35.9 Å². The number of ether oxygens (including phenoxy) is 1. The van der Waals surface area contributed by atoms with Gasteiger partial charge in [-0.25, -0.2) is 0 Å². The summed E-state index contributed by atoms with van der Waals surface area (Å²) in [6.45, 7) is 8.56. The molecule has 1 aliphatic carbocycles. The van der Waals surface area contributed by atoms with Gasteiger partial charge >= 0.3 is 0 Å². The molecule has 0 amide bonds. The molecule has 0 radical (unpaired) electrons. The van der Waals surface area contributed by atoms with Crippen LogP contribution in [-0.4, -0.2) is 18.3 Å². The van der Waals surface area contributed by atoms with Crippen LogP contribution in [-0.2, 0) is 11.3 Å². The first-order valence-electron chi connectivity index (χ1n) is 8.18. The third kappa shape index (κ3) is 4.55. The van der Waals surface area contributed by atoms with Crippen molar-refractivity contribution in [1.29, 1.82) is 0 Å². The van der Waals surface area contributed by atoms with E-state index < -0.39 is 0 Å². The maximum Gasteiger partial charge on any atom is 0.0717 e. The Balaban J connectivity index is 1.83. The van der Waals surface area contributed by atoms with E-state index in [1.54, 1.807) is 0 Å². The molecule has 1 saturated carbocycles. The van der Waals surface area contributed by atoms with Gasteiger partial charge in [0.1, 0.15) is 0 Å². The van der Waals surface area contributed by atoms with E-state index in [4.69, 9.17) is 4.74 Å². The van der Waals surface area contributed by atoms with Crippen molar-refractivity contribution in [1.82, 2.24) is 0 Å². The number of hydrogen-bond donors (Lipinski definition) is 1. The molecule has 2 rings (SSSR count). The number of benzene rings is 1. The molecule has 1 N–H and O–H groups in total. The normalized spacial score (nSPS) is 26.8. The molecule has 1 aliphatic rings. The third-order valence-corrected chi connectivity index (χ3v) is 5.13. The van der Waals surface area contributed by atoms with E-state index in [1.807, 2.05) is 18.2 Å². The summed E-state index contributed by atoms with van der Waals surface area (Å²) in [5, 5.41) is 9.85. The fourth-order valence-electron chi connectivity index (χ4n) is 3.40. The summed E-state index contributed by atoms with van der Waals surface area (Å²) in [5.74, 6) is 0.770. The van der Waals surface area contributed by atoms with Crippen LogP contribution in [0.5, 0.6) is 0 Å². The van der Waals surface area contributed by atoms with E-state index in [0.717, 1.165) is 18.8 Å². The van der Waals surface area contributed by atoms with Crippen LogP contribution in [0, 0.1) is 16.7 Å². The molecule has 0 bridgehead atoms. The minimum atomic E-state index is -0.0173. The standard InChI is InChI=1S/C19H30O2/c1-18(2,3)17-9-11-19(14-20,12-10-17)15-21-13-16-7-5-4-6-8-16/h4-8,17,20H,9-15H2,1-3H3. The average molecular weight is 290 g/mol. The molecule has 2 heteroatoms. The van der Waals surface area contributed by atoms with Gasteiger partial charge in [0.25, 0.3) is 0 Å². The molecule has 21 heavy (non-hydrogen) atoms. The molecule has 1 aromatic rings. The van der Waals surface area contributed by atoms with Gasteiger partial charge in [0.15, 0.2) is 0 Å². The molecule has 0 saturated heterocycles. The van der Waals surface area contributed by atoms with Crippen LogP contribution in [0.2, 0.25) is 0 Å². The lowest BCUT2D eigenvalue weighted by molar-refractivity contribution is -0.0406. The van der Waals surface area contributed by atoms with Crippen LogP contribution < -0.4 is 0 Å². The summed E-state index contributed by atoms with van der Waals surface area (Å²) in [7, 11) is 0. The molecular formula is C19H30O2. The van der Waals surface area contributed by atoms with Crippen LogP contribution >= 0.6 is 0 Å². The first kappa shape index (κ1) is 16.5. The summed E-state index contributed by atoms with van der Waals surface area (Å²) in [6.07, 6.45) is 4.58. The molecular weight excluding hydrogens is 260 g/mol. The molecule has 0 aliphatic heterocycles. The minimum absolute atomic E-state index is 0.0173. The van der Waals surface area contributed by atoms with E-state index in [1.165, 1.54) is 18.4 Å². The molecule has 1 fully saturated rings. The number of rotatable bonds is 5. The second kappa shape index (κ2) is 6.93. The van der Waals surface area contributed by atoms with E-state index >= 15 is 0 Å². The Morgan fingerprint density at radius 2 is 1.76 bits per heavy atom. The summed E-state index contributed by atoms with van der Waals surface area (Å²) in [5.41, 5.74) is 1.57. The monoisotopic (exact) mass is 290 g/mol. The zero-order valence-corrected chi connectivity index (χ0v) is 13.8. The Morgan fingerprint density at radius 3 is 2.29 bits per heavy atom. The van der Waals surface area contributed by atoms with Gasteiger partial charge in [0, 0.05) is 5.41 Å². The van der Waals surface area contributed by atoms with Gasteiger partial charge in [-0.15, -0.1) is 0 Å². The highest BCUT2D eigenvalue weighted by Gasteiger charge is 2.38. The Hall–Kier alpha value is -0.860. The Morgan fingerprint density at radius 1 is 1.14 bits per heavy atom. The van der Waals surface area contributed by atoms with Gasteiger partial charge in [-0.05, 0) is 42.6 Å². The lowest BCUT2D eigenvalue weighted by atomic mass is 9.64. The van der Waals surface area contributed by atoms with Gasteiger partial charge in [-0.1, -0.05) is 51.1 Å². The van der Waals surface area contributed by atoms with Gasteiger partial charge < -0.3 is 9.84 Å². The largest absolute Gasteiger partial charge is 0.396 e. The molecule has 2 nitrogen and oxygen atoms in total. The van der Waals surface area contributed by atoms with E-state index in [2.05, 4.69) is 32.9 Å². The second-order valence-electron chi connectivity index (χ2n) is 7.78. The summed E-state index contributed by atoms with van der Waals surface area (Å²) in [4.78, 5) is 0. The topological polar surface area (TPSA) is 29.5 Å². The zero-order valence-electron chi connectivity index (χ0n) is 13.8. The van der Waals surface area contributed by atoms with Crippen molar-refractivity contribution < 1.29 is 9.84 Å². The highest BCUT2D eigenvalue weighted by atomic mass is 16.5. The van der Waals surface area contributed by atoms with Crippen LogP contribution in [0.4, 0.5) is 0 Å². The summed E-state index contributed by atoms with van der Waals surface area (Å²) in [6, 6.07) is 10.3. The Bertz CT molecular complexity index is 411. The number of aliphatic hydroxyl groups excluding tert-OH is 1. The Labute approximate surface area is 129 Å². The minimum Gasteiger partial charge on any atom is -0.396 e. The molecule has 0 heterocycles. The van der Waals surface area contributed by atoms with E-state index in [0.29, 0.717) is 18.6 Å². The highest BCUT2D eigenvalue weighted by Crippen LogP contribution is 2.45. The Kier molecular flexibility index (Phi) is 5.45. The molecule has 0 unspecified atom stereocenters. The van der Waals surface area contributed by atoms with Gasteiger partial charge in [0.05, 0.1) is 19.8 Å². The molecule has 0 aromatic heterocycles. The fraction of sp³-hybridized carbons (Fsp3) is 0.684. The quantitative estimate of drug-likeness (QED) is 0.870. The molecule has 0 spiro atoms. The maximum atomic E-state index is 9.85. The molecule has 0 atom stereocenters. The molecule has 118 valence electrons. The predicted octanol–water partition coefficient (Wildman–Crippen LogP) is 4.42. The smallest absolute Gasteiger partial charge is 0.0717 e. The van der Waals surface area contributed by atoms with E-state index in [9.17, 15) is 5.11 Å². The predicted molar refractivity (Wildman–Crippen MR) is 87.0 cm³/mol. The van der Waals surface area contributed by atoms with E-state index in [-0.39, 0.29) is 12.0 Å². The van der Waals surface area contributed by atoms with Crippen LogP contribution in [0.25, 0.3) is 0 Å². The lowest BCUT2D eigenvalue weighted by Crippen LogP contribution is -2.38. The third-order valence-electron chi connectivity index (χ3n) is 5.13. The summed E-state index contributed by atoms with van der Waals surface area (Å²) >= 11 is 0. The first-order valence-corrected chi connectivity index (χ1v) is 8.18. The van der Waals surface area contributed by atoms with Crippen molar-refractivity contribution in [3.63, 3.8) is 0 Å². The lowest BCUT2D eigenvalue weighted by Gasteiger charge is -2.43. The fourth-order valence-corrected chi connectivity index (χ4v) is 3.40. The maximum absolute atomic E-state index is 9.85. The van der Waals surface area contributed by atoms with Crippen molar-refractivity contribution in [2.24, 2.45) is 16.7 Å². The van der Waals surface area contributed by atoms with Crippen molar-refractivity contribution >= 4 is 0 Å². The number of aliphatic hydroxyl groups is 1. The summed E-state index contributed by atoms with van der Waals surface area (Å²) < 4.78 is 5.91. The van der Waals surface area contributed by atoms with Crippen molar-refractivity contribution in [3.8, 4) is 0 Å². The molecule has 1 aromatic carbocycles. The SMILES string of the molecule is CC(C)(C)C1CCC(CO)(COCc2ccccc2)CC1. The second-order valence-corrected chi connectivity index (χ2v) is 7.78.